The standard InChI is InChI=1S/C10H19N3O2S/c1-5-11-10(8(2)16(4,14)15)9-6-7-13(3)12-9/h6-8,10-11H,5H2,1-4H3. The van der Waals surface area contributed by atoms with Crippen LogP contribution in [0.2, 0.25) is 0 Å². The number of hydrogen-bond acceptors (Lipinski definition) is 4. The molecule has 1 aromatic rings. The summed E-state index contributed by atoms with van der Waals surface area (Å²) in [7, 11) is -1.26. The molecule has 92 valence electrons. The number of rotatable bonds is 5. The van der Waals surface area contributed by atoms with Gasteiger partial charge in [0.25, 0.3) is 0 Å². The molecule has 2 unspecified atom stereocenters. The highest BCUT2D eigenvalue weighted by molar-refractivity contribution is 7.91. The van der Waals surface area contributed by atoms with Crippen molar-refractivity contribution in [1.82, 2.24) is 15.1 Å². The topological polar surface area (TPSA) is 64.0 Å². The van der Waals surface area contributed by atoms with Gasteiger partial charge in [-0.15, -0.1) is 0 Å². The zero-order chi connectivity index (χ0) is 12.3. The van der Waals surface area contributed by atoms with Crippen molar-refractivity contribution in [1.29, 1.82) is 0 Å². The number of nitrogens with one attached hydrogen (secondary N) is 1. The fourth-order valence-corrected chi connectivity index (χ4v) is 2.31. The van der Waals surface area contributed by atoms with Crippen LogP contribution in [0.1, 0.15) is 25.6 Å². The maximum atomic E-state index is 11.6. The zero-order valence-corrected chi connectivity index (χ0v) is 11.0. The van der Waals surface area contributed by atoms with Gasteiger partial charge >= 0.3 is 0 Å². The molecule has 6 heteroatoms. The van der Waals surface area contributed by atoms with Crippen LogP contribution in [0, 0.1) is 0 Å². The molecule has 0 amide bonds. The first-order chi connectivity index (χ1) is 7.36. The van der Waals surface area contributed by atoms with Gasteiger partial charge in [-0.05, 0) is 19.5 Å². The van der Waals surface area contributed by atoms with E-state index in [9.17, 15) is 8.42 Å². The molecule has 0 radical (unpaired) electrons. The van der Waals surface area contributed by atoms with Gasteiger partial charge in [-0.2, -0.15) is 5.10 Å². The summed E-state index contributed by atoms with van der Waals surface area (Å²) < 4.78 is 24.8. The average Bonchev–Trinajstić information content (AvgIpc) is 2.58. The Morgan fingerprint density at radius 2 is 2.19 bits per heavy atom. The van der Waals surface area contributed by atoms with E-state index in [4.69, 9.17) is 0 Å². The maximum absolute atomic E-state index is 11.6. The van der Waals surface area contributed by atoms with Crippen molar-refractivity contribution < 1.29 is 8.42 Å². The molecular formula is C10H19N3O2S. The third kappa shape index (κ3) is 3.05. The number of sulfone groups is 1. The van der Waals surface area contributed by atoms with E-state index in [1.54, 1.807) is 11.6 Å². The fourth-order valence-electron chi connectivity index (χ4n) is 1.58. The van der Waals surface area contributed by atoms with E-state index < -0.39 is 15.1 Å². The van der Waals surface area contributed by atoms with Crippen LogP contribution in [0.15, 0.2) is 12.3 Å². The van der Waals surface area contributed by atoms with Crippen molar-refractivity contribution in [2.45, 2.75) is 25.1 Å². The molecule has 0 bridgehead atoms. The summed E-state index contributed by atoms with van der Waals surface area (Å²) in [4.78, 5) is 0. The Labute approximate surface area is 96.8 Å². The van der Waals surface area contributed by atoms with E-state index in [1.807, 2.05) is 26.2 Å². The minimum absolute atomic E-state index is 0.249. The lowest BCUT2D eigenvalue weighted by atomic mass is 10.1. The van der Waals surface area contributed by atoms with E-state index >= 15 is 0 Å². The third-order valence-corrected chi connectivity index (χ3v) is 4.24. The highest BCUT2D eigenvalue weighted by atomic mass is 32.2. The van der Waals surface area contributed by atoms with Crippen molar-refractivity contribution in [3.63, 3.8) is 0 Å². The lowest BCUT2D eigenvalue weighted by molar-refractivity contribution is 0.498. The Kier molecular flexibility index (Phi) is 4.09. The van der Waals surface area contributed by atoms with Gasteiger partial charge in [0.1, 0.15) is 0 Å². The molecule has 0 aliphatic rings. The highest BCUT2D eigenvalue weighted by Crippen LogP contribution is 2.19. The first kappa shape index (κ1) is 13.2. The molecule has 1 heterocycles. The van der Waals surface area contributed by atoms with Crippen LogP contribution in [0.4, 0.5) is 0 Å². The predicted octanol–water partition coefficient (Wildman–Crippen LogP) is 0.504. The second-order valence-electron chi connectivity index (χ2n) is 3.98. The maximum Gasteiger partial charge on any atom is 0.151 e. The molecule has 5 nitrogen and oxygen atoms in total. The molecule has 0 aliphatic carbocycles. The Bertz CT molecular complexity index is 439. The fraction of sp³-hybridized carbons (Fsp3) is 0.700. The van der Waals surface area contributed by atoms with Gasteiger partial charge < -0.3 is 5.32 Å². The minimum atomic E-state index is -3.07. The van der Waals surface area contributed by atoms with E-state index in [0.717, 1.165) is 5.69 Å². The van der Waals surface area contributed by atoms with Gasteiger partial charge in [0.15, 0.2) is 9.84 Å². The van der Waals surface area contributed by atoms with Crippen LogP contribution >= 0.6 is 0 Å². The van der Waals surface area contributed by atoms with Crippen LogP contribution in [0.5, 0.6) is 0 Å². The summed E-state index contributed by atoms with van der Waals surface area (Å²) >= 11 is 0. The van der Waals surface area contributed by atoms with Gasteiger partial charge in [-0.25, -0.2) is 8.42 Å². The summed E-state index contributed by atoms with van der Waals surface area (Å²) in [5.74, 6) is 0. The Morgan fingerprint density at radius 1 is 1.56 bits per heavy atom. The molecule has 0 aliphatic heterocycles. The number of nitrogens with zero attached hydrogens (tertiary/aromatic N) is 2. The molecule has 16 heavy (non-hydrogen) atoms. The Hall–Kier alpha value is -0.880. The number of aryl methyl sites for hydroxylation is 1. The van der Waals surface area contributed by atoms with Crippen LogP contribution < -0.4 is 5.32 Å². The quantitative estimate of drug-likeness (QED) is 0.820. The summed E-state index contributed by atoms with van der Waals surface area (Å²) in [6, 6.07) is 1.59. The molecule has 0 spiro atoms. The molecule has 0 aromatic carbocycles. The molecule has 0 saturated carbocycles. The predicted molar refractivity (Wildman–Crippen MR) is 63.9 cm³/mol. The second-order valence-corrected chi connectivity index (χ2v) is 6.39. The summed E-state index contributed by atoms with van der Waals surface area (Å²) in [6.45, 7) is 4.36. The normalized spacial score (nSPS) is 16.0. The molecule has 1 N–H and O–H groups in total. The Balaban J connectivity index is 3.00. The van der Waals surface area contributed by atoms with E-state index in [1.165, 1.54) is 6.26 Å². The average molecular weight is 245 g/mol. The number of hydrogen-bond donors (Lipinski definition) is 1. The van der Waals surface area contributed by atoms with Crippen LogP contribution in [-0.2, 0) is 16.9 Å². The van der Waals surface area contributed by atoms with Crippen molar-refractivity contribution in [3.05, 3.63) is 18.0 Å². The minimum Gasteiger partial charge on any atom is -0.308 e. The van der Waals surface area contributed by atoms with Crippen LogP contribution in [0.3, 0.4) is 0 Å². The van der Waals surface area contributed by atoms with Gasteiger partial charge in [-0.3, -0.25) is 4.68 Å². The van der Waals surface area contributed by atoms with Crippen LogP contribution in [0.25, 0.3) is 0 Å². The van der Waals surface area contributed by atoms with Gasteiger partial charge in [0.2, 0.25) is 0 Å². The summed E-state index contributed by atoms with van der Waals surface area (Å²) in [5, 5.41) is 6.93. The van der Waals surface area contributed by atoms with E-state index in [-0.39, 0.29) is 6.04 Å². The van der Waals surface area contributed by atoms with E-state index in [0.29, 0.717) is 6.54 Å². The molecular weight excluding hydrogens is 226 g/mol. The molecule has 1 aromatic heterocycles. The summed E-state index contributed by atoms with van der Waals surface area (Å²) in [5.41, 5.74) is 0.766. The zero-order valence-electron chi connectivity index (χ0n) is 10.1. The monoisotopic (exact) mass is 245 g/mol. The number of aromatic nitrogens is 2. The summed E-state index contributed by atoms with van der Waals surface area (Å²) in [6.07, 6.45) is 3.07. The third-order valence-electron chi connectivity index (χ3n) is 2.62. The van der Waals surface area contributed by atoms with Crippen molar-refractivity contribution >= 4 is 9.84 Å². The van der Waals surface area contributed by atoms with Crippen molar-refractivity contribution in [2.75, 3.05) is 12.8 Å². The SMILES string of the molecule is CCNC(c1ccn(C)n1)C(C)S(C)(=O)=O. The molecule has 0 fully saturated rings. The first-order valence-corrected chi connectivity index (χ1v) is 7.23. The lowest BCUT2D eigenvalue weighted by Crippen LogP contribution is -2.35. The second kappa shape index (κ2) is 4.97. The largest absolute Gasteiger partial charge is 0.308 e. The smallest absolute Gasteiger partial charge is 0.151 e. The molecule has 1 rings (SSSR count). The molecule has 0 saturated heterocycles. The van der Waals surface area contributed by atoms with Gasteiger partial charge in [-0.1, -0.05) is 6.92 Å². The van der Waals surface area contributed by atoms with Crippen LogP contribution in [-0.4, -0.2) is 36.2 Å². The van der Waals surface area contributed by atoms with Crippen molar-refractivity contribution in [2.24, 2.45) is 7.05 Å². The van der Waals surface area contributed by atoms with E-state index in [2.05, 4.69) is 10.4 Å². The lowest BCUT2D eigenvalue weighted by Gasteiger charge is -2.21. The highest BCUT2D eigenvalue weighted by Gasteiger charge is 2.28. The van der Waals surface area contributed by atoms with Crippen molar-refractivity contribution in [3.8, 4) is 0 Å². The van der Waals surface area contributed by atoms with Gasteiger partial charge in [0.05, 0.1) is 17.0 Å². The Morgan fingerprint density at radius 3 is 2.56 bits per heavy atom. The first-order valence-electron chi connectivity index (χ1n) is 5.28. The molecule has 2 atom stereocenters. The van der Waals surface area contributed by atoms with Gasteiger partial charge in [0, 0.05) is 19.5 Å².